The Bertz CT molecular complexity index is 1570. The number of aryl methyl sites for hydroxylation is 1. The highest BCUT2D eigenvalue weighted by atomic mass is 19.1. The number of nitrogens with zero attached hydrogens (tertiary/aromatic N) is 6. The van der Waals surface area contributed by atoms with Crippen molar-refractivity contribution in [3.05, 3.63) is 100 Å². The Labute approximate surface area is 213 Å². The van der Waals surface area contributed by atoms with Gasteiger partial charge in [-0.1, -0.05) is 69.7 Å². The largest absolute Gasteiger partial charge is 0.333 e. The number of imidazole rings is 1. The van der Waals surface area contributed by atoms with Gasteiger partial charge in [-0.3, -0.25) is 14.1 Å². The van der Waals surface area contributed by atoms with Gasteiger partial charge in [0.05, 0.1) is 17.9 Å². The minimum absolute atomic E-state index is 0.0719. The van der Waals surface area contributed by atoms with E-state index >= 15 is 0 Å². The van der Waals surface area contributed by atoms with Crippen LogP contribution in [0, 0.1) is 5.82 Å². The zero-order chi connectivity index (χ0) is 25.9. The number of rotatable bonds is 8. The Balaban J connectivity index is 1.51. The van der Waals surface area contributed by atoms with Gasteiger partial charge < -0.3 is 0 Å². The van der Waals surface area contributed by atoms with Crippen molar-refractivity contribution >= 4 is 0 Å². The van der Waals surface area contributed by atoms with E-state index in [0.717, 1.165) is 40.1 Å². The number of hydrogen-bond donors (Lipinski definition) is 1. The molecule has 2 aromatic carbocycles. The molecule has 0 spiro atoms. The summed E-state index contributed by atoms with van der Waals surface area (Å²) in [6, 6.07) is 16.6. The zero-order valence-electron chi connectivity index (χ0n) is 21.0. The molecule has 37 heavy (non-hydrogen) atoms. The Morgan fingerprint density at radius 1 is 1.03 bits per heavy atom. The highest BCUT2D eigenvalue weighted by molar-refractivity contribution is 5.78. The van der Waals surface area contributed by atoms with E-state index in [9.17, 15) is 9.18 Å². The van der Waals surface area contributed by atoms with Crippen LogP contribution in [-0.2, 0) is 13.0 Å². The molecule has 0 radical (unpaired) electrons. The summed E-state index contributed by atoms with van der Waals surface area (Å²) >= 11 is 0. The molecule has 0 bridgehead atoms. The fourth-order valence-electron chi connectivity index (χ4n) is 4.60. The molecule has 3 heterocycles. The van der Waals surface area contributed by atoms with Gasteiger partial charge in [-0.2, -0.15) is 5.21 Å². The molecule has 0 aliphatic heterocycles. The third kappa shape index (κ3) is 4.72. The normalized spacial score (nSPS) is 11.4. The van der Waals surface area contributed by atoms with E-state index in [1.807, 2.05) is 56.3 Å². The highest BCUT2D eigenvalue weighted by Gasteiger charge is 2.19. The second kappa shape index (κ2) is 10.3. The van der Waals surface area contributed by atoms with Crippen molar-refractivity contribution in [2.75, 3.05) is 0 Å². The third-order valence-electron chi connectivity index (χ3n) is 6.40. The van der Waals surface area contributed by atoms with Gasteiger partial charge in [-0.25, -0.2) is 9.18 Å². The van der Waals surface area contributed by atoms with E-state index in [2.05, 4.69) is 32.5 Å². The molecule has 5 rings (SSSR count). The van der Waals surface area contributed by atoms with Gasteiger partial charge in [0.2, 0.25) is 5.82 Å². The summed E-state index contributed by atoms with van der Waals surface area (Å²) in [5.41, 5.74) is 5.05. The van der Waals surface area contributed by atoms with Crippen molar-refractivity contribution in [3.63, 3.8) is 0 Å². The predicted octanol–water partition coefficient (Wildman–Crippen LogP) is 5.14. The first-order valence-electron chi connectivity index (χ1n) is 12.4. The summed E-state index contributed by atoms with van der Waals surface area (Å²) in [5, 5.41) is 14.3. The lowest BCUT2D eigenvalue weighted by Crippen LogP contribution is -2.26. The summed E-state index contributed by atoms with van der Waals surface area (Å²) in [6.07, 6.45) is 5.11. The number of aromatic nitrogens is 7. The van der Waals surface area contributed by atoms with E-state index in [1.54, 1.807) is 23.0 Å². The van der Waals surface area contributed by atoms with Crippen LogP contribution >= 0.6 is 0 Å². The molecule has 0 unspecified atom stereocenters. The number of nitrogens with one attached hydrogen (secondary N) is 1. The van der Waals surface area contributed by atoms with Crippen molar-refractivity contribution in [2.24, 2.45) is 0 Å². The van der Waals surface area contributed by atoms with Crippen LogP contribution in [0.5, 0.6) is 0 Å². The molecule has 188 valence electrons. The second-order valence-electron chi connectivity index (χ2n) is 9.27. The number of tetrazole rings is 1. The Morgan fingerprint density at radius 3 is 2.51 bits per heavy atom. The first-order valence-corrected chi connectivity index (χ1v) is 12.4. The number of halogens is 1. The van der Waals surface area contributed by atoms with Gasteiger partial charge >= 0.3 is 5.69 Å². The minimum Gasteiger partial charge on any atom is -0.292 e. The first-order chi connectivity index (χ1) is 18.0. The van der Waals surface area contributed by atoms with Crippen LogP contribution in [0.4, 0.5) is 4.39 Å². The van der Waals surface area contributed by atoms with Crippen LogP contribution in [0.2, 0.25) is 0 Å². The number of pyridine rings is 1. The van der Waals surface area contributed by atoms with Gasteiger partial charge in [-0.05, 0) is 40.8 Å². The monoisotopic (exact) mass is 497 g/mol. The zero-order valence-corrected chi connectivity index (χ0v) is 21.0. The molecular weight excluding hydrogens is 469 g/mol. The van der Waals surface area contributed by atoms with Crippen molar-refractivity contribution in [2.45, 2.75) is 46.1 Å². The first kappa shape index (κ1) is 24.3. The number of H-pyrrole nitrogens is 1. The highest BCUT2D eigenvalue weighted by Crippen LogP contribution is 2.29. The van der Waals surface area contributed by atoms with Crippen LogP contribution in [0.15, 0.2) is 71.8 Å². The molecule has 1 N–H and O–H groups in total. The van der Waals surface area contributed by atoms with Crippen molar-refractivity contribution in [1.29, 1.82) is 0 Å². The SMILES string of the molecule is CCCc1cn(-c2c(F)cccc2C(C)C)c(=O)n1Cc1ccc(-c2ccccc2-c2nn[nH]n2)nc1. The molecule has 0 aliphatic rings. The summed E-state index contributed by atoms with van der Waals surface area (Å²) in [5.74, 6) is 0.162. The van der Waals surface area contributed by atoms with Gasteiger partial charge in [0.1, 0.15) is 5.82 Å². The topological polar surface area (TPSA) is 94.3 Å². The smallest absolute Gasteiger partial charge is 0.292 e. The fourth-order valence-corrected chi connectivity index (χ4v) is 4.60. The van der Waals surface area contributed by atoms with E-state index in [-0.39, 0.29) is 11.6 Å². The fraction of sp³-hybridized carbons (Fsp3) is 0.250. The molecule has 0 atom stereocenters. The quantitative estimate of drug-likeness (QED) is 0.320. The predicted molar refractivity (Wildman–Crippen MR) is 140 cm³/mol. The molecule has 0 saturated carbocycles. The molecule has 3 aromatic heterocycles. The lowest BCUT2D eigenvalue weighted by Gasteiger charge is -2.13. The lowest BCUT2D eigenvalue weighted by atomic mass is 10.0. The maximum absolute atomic E-state index is 15.0. The maximum atomic E-state index is 15.0. The molecule has 0 amide bonds. The molecule has 5 aromatic rings. The standard InChI is InChI=1S/C28H28FN7O/c1-4-8-20-17-36(26-21(18(2)3)11-7-12-24(26)29)28(37)35(20)16-19-13-14-25(30-15-19)22-9-5-6-10-23(22)27-31-33-34-32-27/h5-7,9-15,17-18H,4,8,16H2,1-3H3,(H,31,32,33,34). The number of hydrogen-bond acceptors (Lipinski definition) is 5. The van der Waals surface area contributed by atoms with Crippen LogP contribution in [-0.4, -0.2) is 34.7 Å². The van der Waals surface area contributed by atoms with Crippen molar-refractivity contribution in [3.8, 4) is 28.3 Å². The van der Waals surface area contributed by atoms with E-state index in [1.165, 1.54) is 10.6 Å². The van der Waals surface area contributed by atoms with Crippen LogP contribution in [0.25, 0.3) is 28.3 Å². The molecule has 0 fully saturated rings. The average Bonchev–Trinajstić information content (AvgIpc) is 3.54. The molecule has 0 aliphatic carbocycles. The minimum atomic E-state index is -0.403. The van der Waals surface area contributed by atoms with Gasteiger partial charge in [0, 0.05) is 29.2 Å². The Morgan fingerprint density at radius 2 is 1.84 bits per heavy atom. The number of para-hydroxylation sites is 1. The van der Waals surface area contributed by atoms with Gasteiger partial charge in [0.15, 0.2) is 0 Å². The Hall–Kier alpha value is -4.40. The number of benzene rings is 2. The summed E-state index contributed by atoms with van der Waals surface area (Å²) in [7, 11) is 0. The molecular formula is C28H28FN7O. The van der Waals surface area contributed by atoms with Gasteiger partial charge in [0.25, 0.3) is 0 Å². The van der Waals surface area contributed by atoms with E-state index in [4.69, 9.17) is 0 Å². The van der Waals surface area contributed by atoms with Gasteiger partial charge in [-0.15, -0.1) is 10.2 Å². The van der Waals surface area contributed by atoms with Crippen LogP contribution in [0.1, 0.15) is 49.9 Å². The van der Waals surface area contributed by atoms with Crippen molar-refractivity contribution < 1.29 is 4.39 Å². The average molecular weight is 498 g/mol. The van der Waals surface area contributed by atoms with Crippen LogP contribution < -0.4 is 5.69 Å². The number of aromatic amines is 1. The third-order valence-corrected chi connectivity index (χ3v) is 6.40. The Kier molecular flexibility index (Phi) is 6.76. The lowest BCUT2D eigenvalue weighted by molar-refractivity contribution is 0.607. The maximum Gasteiger partial charge on any atom is 0.333 e. The molecule has 9 heteroatoms. The summed E-state index contributed by atoms with van der Waals surface area (Å²) in [6.45, 7) is 6.40. The van der Waals surface area contributed by atoms with Crippen molar-refractivity contribution in [1.82, 2.24) is 34.7 Å². The molecule has 8 nitrogen and oxygen atoms in total. The van der Waals surface area contributed by atoms with E-state index < -0.39 is 5.82 Å². The van der Waals surface area contributed by atoms with E-state index in [0.29, 0.717) is 24.5 Å². The molecule has 0 saturated heterocycles. The second-order valence-corrected chi connectivity index (χ2v) is 9.27. The summed E-state index contributed by atoms with van der Waals surface area (Å²) in [4.78, 5) is 18.2. The summed E-state index contributed by atoms with van der Waals surface area (Å²) < 4.78 is 18.1. The van der Waals surface area contributed by atoms with Crippen LogP contribution in [0.3, 0.4) is 0 Å².